The number of hydrazine groups is 2. The number of hydrogen-bond donors (Lipinski definition) is 4. The van der Waals surface area contributed by atoms with E-state index in [4.69, 9.17) is 15.3 Å². The third-order valence-corrected chi connectivity index (χ3v) is 7.44. The monoisotopic (exact) mass is 662 g/mol. The first-order valence-electron chi connectivity index (χ1n) is 16.9. The normalized spacial score (nSPS) is 14.6. The van der Waals surface area contributed by atoms with Crippen LogP contribution in [0.15, 0.2) is 94.4 Å². The Kier molecular flexibility index (Phi) is 21.6. The number of hydrogen-bond acceptors (Lipinski definition) is 10. The highest BCUT2D eigenvalue weighted by Gasteiger charge is 2.19. The number of ether oxygens (including phenoxy) is 2. The number of morpholine rings is 1. The number of fused-ring (bicyclic) bond motifs is 1. The number of rotatable bonds is 16. The Morgan fingerprint density at radius 1 is 1.12 bits per heavy atom. The third-order valence-electron chi connectivity index (χ3n) is 7.44. The first kappa shape index (κ1) is 42.4. The van der Waals surface area contributed by atoms with Crippen LogP contribution >= 0.6 is 0 Å². The minimum atomic E-state index is -0.00946. The minimum absolute atomic E-state index is 0.00946. The van der Waals surface area contributed by atoms with Crippen molar-refractivity contribution in [3.63, 3.8) is 0 Å². The van der Waals surface area contributed by atoms with Gasteiger partial charge in [-0.2, -0.15) is 0 Å². The summed E-state index contributed by atoms with van der Waals surface area (Å²) in [6.45, 7) is 26.4. The van der Waals surface area contributed by atoms with Crippen molar-refractivity contribution in [1.82, 2.24) is 15.6 Å². The number of methoxy groups -OCH3 is 1. The van der Waals surface area contributed by atoms with E-state index in [1.807, 2.05) is 32.2 Å². The molecule has 1 aliphatic heterocycles. The summed E-state index contributed by atoms with van der Waals surface area (Å²) in [6, 6.07) is 12.5. The van der Waals surface area contributed by atoms with Crippen LogP contribution in [0, 0.1) is 5.41 Å². The lowest BCUT2D eigenvalue weighted by molar-refractivity contribution is 0.0385. The van der Waals surface area contributed by atoms with E-state index in [1.54, 1.807) is 12.1 Å². The highest BCUT2D eigenvalue weighted by atomic mass is 16.5. The summed E-state index contributed by atoms with van der Waals surface area (Å²) in [7, 11) is 1.70. The van der Waals surface area contributed by atoms with E-state index in [0.29, 0.717) is 19.7 Å². The van der Waals surface area contributed by atoms with Gasteiger partial charge in [0.2, 0.25) is 0 Å². The second kappa shape index (κ2) is 24.5. The molecule has 10 nitrogen and oxygen atoms in total. The summed E-state index contributed by atoms with van der Waals surface area (Å²) in [5.41, 5.74) is 7.24. The average Bonchev–Trinajstić information content (AvgIpc) is 3.10. The molecule has 6 N–H and O–H groups in total. The predicted molar refractivity (Wildman–Crippen MR) is 207 cm³/mol. The van der Waals surface area contributed by atoms with E-state index in [9.17, 15) is 0 Å². The molecule has 0 atom stereocenters. The maximum atomic E-state index is 6.80. The molecule has 3 rings (SSSR count). The van der Waals surface area contributed by atoms with Crippen molar-refractivity contribution in [3.05, 3.63) is 89.9 Å². The lowest BCUT2D eigenvalue weighted by atomic mass is 9.85. The summed E-state index contributed by atoms with van der Waals surface area (Å²) < 4.78 is 11.0. The number of nitrogens with zero attached hydrogens (tertiary/aromatic N) is 4. The van der Waals surface area contributed by atoms with Gasteiger partial charge in [0, 0.05) is 63.2 Å². The largest absolute Gasteiger partial charge is 0.379 e. The standard InChI is InChI=1S/C34H50N6O2.C2H6N2.C2H6/c1-7-10-28(34(2,3)4)24-30(25-41-6)40(35)33-14-13-27(31-11-8-9-12-32(31)33)23-29(36-5)15-16-37-26-38-17-18-39-19-21-42-22-20-39;1-2-4-3;1-2/h8-16,24,38H,5,7,17-23,25-26,35H2,1-4,6H3;2,4H,1,3H2;1-2H3/b28-10+,29-15-,30-24+,37-16-;;. The van der Waals surface area contributed by atoms with Gasteiger partial charge in [-0.25, -0.2) is 5.84 Å². The molecule has 0 bridgehead atoms. The van der Waals surface area contributed by atoms with Gasteiger partial charge in [0.1, 0.15) is 0 Å². The van der Waals surface area contributed by atoms with Crippen LogP contribution in [-0.2, 0) is 15.9 Å². The number of nitrogens with one attached hydrogen (secondary N) is 2. The molecule has 0 unspecified atom stereocenters. The number of nitrogens with two attached hydrogens (primary N) is 2. The molecule has 1 aliphatic rings. The maximum Gasteiger partial charge on any atom is 0.0884 e. The van der Waals surface area contributed by atoms with Crippen LogP contribution in [0.2, 0.25) is 0 Å². The fourth-order valence-corrected chi connectivity index (χ4v) is 4.93. The van der Waals surface area contributed by atoms with Crippen LogP contribution in [-0.4, -0.2) is 77.6 Å². The van der Waals surface area contributed by atoms with Gasteiger partial charge in [-0.05, 0) is 53.3 Å². The molecule has 1 saturated heterocycles. The number of benzene rings is 2. The highest BCUT2D eigenvalue weighted by Crippen LogP contribution is 2.33. The van der Waals surface area contributed by atoms with E-state index in [-0.39, 0.29) is 5.41 Å². The van der Waals surface area contributed by atoms with Gasteiger partial charge in [0.05, 0.1) is 37.9 Å². The molecule has 48 heavy (non-hydrogen) atoms. The van der Waals surface area contributed by atoms with Crippen LogP contribution in [0.25, 0.3) is 10.8 Å². The van der Waals surface area contributed by atoms with Crippen molar-refractivity contribution in [2.75, 3.05) is 64.8 Å². The van der Waals surface area contributed by atoms with Gasteiger partial charge in [0.25, 0.3) is 0 Å². The molecule has 1 fully saturated rings. The third kappa shape index (κ3) is 15.1. The Morgan fingerprint density at radius 3 is 2.38 bits per heavy atom. The van der Waals surface area contributed by atoms with Crippen molar-refractivity contribution in [1.29, 1.82) is 0 Å². The van der Waals surface area contributed by atoms with Gasteiger partial charge < -0.3 is 14.9 Å². The smallest absolute Gasteiger partial charge is 0.0884 e. The van der Waals surface area contributed by atoms with Crippen LogP contribution in [0.1, 0.15) is 53.5 Å². The molecule has 10 heteroatoms. The first-order valence-corrected chi connectivity index (χ1v) is 16.9. The summed E-state index contributed by atoms with van der Waals surface area (Å²) in [5.74, 6) is 11.5. The predicted octanol–water partition coefficient (Wildman–Crippen LogP) is 6.13. The van der Waals surface area contributed by atoms with Crippen molar-refractivity contribution in [3.8, 4) is 0 Å². The lowest BCUT2D eigenvalue weighted by Crippen LogP contribution is -2.40. The van der Waals surface area contributed by atoms with Gasteiger partial charge in [0.15, 0.2) is 0 Å². The summed E-state index contributed by atoms with van der Waals surface area (Å²) >= 11 is 0. The number of allylic oxidation sites excluding steroid dienone is 5. The Labute approximate surface area is 290 Å². The molecule has 0 radical (unpaired) electrons. The van der Waals surface area contributed by atoms with Gasteiger partial charge in [-0.1, -0.05) is 84.5 Å². The zero-order chi connectivity index (χ0) is 35.8. The van der Waals surface area contributed by atoms with Gasteiger partial charge in [-0.3, -0.25) is 31.1 Å². The Morgan fingerprint density at radius 2 is 1.79 bits per heavy atom. The molecule has 2 aromatic carbocycles. The zero-order valence-electron chi connectivity index (χ0n) is 30.6. The van der Waals surface area contributed by atoms with E-state index in [0.717, 1.165) is 79.2 Å². The second-order valence-corrected chi connectivity index (χ2v) is 11.9. The molecule has 0 spiro atoms. The molecule has 1 heterocycles. The molecule has 2 aromatic rings. The van der Waals surface area contributed by atoms with Crippen molar-refractivity contribution in [2.24, 2.45) is 27.1 Å². The van der Waals surface area contributed by atoms with Gasteiger partial charge >= 0.3 is 0 Å². The van der Waals surface area contributed by atoms with Crippen LogP contribution in [0.5, 0.6) is 0 Å². The zero-order valence-corrected chi connectivity index (χ0v) is 30.6. The number of anilines is 1. The van der Waals surface area contributed by atoms with E-state index >= 15 is 0 Å². The minimum Gasteiger partial charge on any atom is -0.379 e. The summed E-state index contributed by atoms with van der Waals surface area (Å²) in [6.07, 6.45) is 11.2. The Balaban J connectivity index is 0.00000178. The van der Waals surface area contributed by atoms with E-state index in [2.05, 4.69) is 115 Å². The SMILES string of the molecule is C=CNN.C=N/C(=C\C=N/CNCCN1CCOCC1)Cc1ccc(N(N)/C(=C/C(=C\CC)C(C)(C)C)COC)c2ccccc12.CC. The number of aliphatic imine (C=N–C) groups is 2. The fourth-order valence-electron chi connectivity index (χ4n) is 4.93. The van der Waals surface area contributed by atoms with Crippen molar-refractivity contribution < 1.29 is 9.47 Å². The summed E-state index contributed by atoms with van der Waals surface area (Å²) in [5, 5.41) is 7.32. The van der Waals surface area contributed by atoms with Crippen molar-refractivity contribution >= 4 is 29.4 Å². The molecule has 0 aromatic heterocycles. The van der Waals surface area contributed by atoms with Crippen molar-refractivity contribution in [2.45, 2.75) is 54.4 Å². The second-order valence-electron chi connectivity index (χ2n) is 11.9. The molecular weight excluding hydrogens is 600 g/mol. The fraction of sp³-hybridized carbons (Fsp3) is 0.474. The van der Waals surface area contributed by atoms with Gasteiger partial charge in [-0.15, -0.1) is 0 Å². The Hall–Kier alpha value is -3.64. The summed E-state index contributed by atoms with van der Waals surface area (Å²) in [4.78, 5) is 11.2. The average molecular weight is 663 g/mol. The Bertz CT molecular complexity index is 1340. The molecule has 0 aliphatic carbocycles. The van der Waals surface area contributed by atoms with E-state index in [1.165, 1.54) is 11.8 Å². The van der Waals surface area contributed by atoms with Crippen LogP contribution in [0.3, 0.4) is 0 Å². The van der Waals surface area contributed by atoms with E-state index < -0.39 is 0 Å². The van der Waals surface area contributed by atoms with Crippen LogP contribution < -0.4 is 27.4 Å². The lowest BCUT2D eigenvalue weighted by Gasteiger charge is -2.27. The molecule has 266 valence electrons. The topological polar surface area (TPSA) is 126 Å². The molecule has 0 amide bonds. The quantitative estimate of drug-likeness (QED) is 0.0557. The maximum absolute atomic E-state index is 6.80. The van der Waals surface area contributed by atoms with Crippen LogP contribution in [0.4, 0.5) is 5.69 Å². The molecule has 0 saturated carbocycles. The highest BCUT2D eigenvalue weighted by molar-refractivity contribution is 5.97. The first-order chi connectivity index (χ1) is 23.2. The molecular formula is C38H62N8O2.